The van der Waals surface area contributed by atoms with Gasteiger partial charge in [0.05, 0.1) is 12.0 Å². The number of carbonyl (C=O) groups excluding carboxylic acids is 1. The van der Waals surface area contributed by atoms with E-state index in [0.29, 0.717) is 21.0 Å². The van der Waals surface area contributed by atoms with Crippen LogP contribution in [0.1, 0.15) is 5.56 Å². The summed E-state index contributed by atoms with van der Waals surface area (Å²) < 4.78 is 40.3. The molecule has 1 saturated heterocycles. The van der Waals surface area contributed by atoms with Crippen molar-refractivity contribution in [3.63, 3.8) is 0 Å². The Hall–Kier alpha value is -1.55. The lowest BCUT2D eigenvalue weighted by molar-refractivity contribution is -0.274. The van der Waals surface area contributed by atoms with Crippen molar-refractivity contribution in [2.75, 3.05) is 5.75 Å². The van der Waals surface area contributed by atoms with Gasteiger partial charge in [0.1, 0.15) is 5.75 Å². The maximum Gasteiger partial charge on any atom is 0.573 e. The van der Waals surface area contributed by atoms with Gasteiger partial charge in [-0.3, -0.25) is 4.79 Å². The zero-order chi connectivity index (χ0) is 15.5. The Balaban J connectivity index is 2.06. The van der Waals surface area contributed by atoms with Gasteiger partial charge in [-0.15, -0.1) is 18.3 Å². The highest BCUT2D eigenvalue weighted by Gasteiger charge is 2.31. The summed E-state index contributed by atoms with van der Waals surface area (Å²) in [5.41, 5.74) is 0.517. The number of alkyl halides is 3. The van der Waals surface area contributed by atoms with Gasteiger partial charge in [-0.1, -0.05) is 11.8 Å². The zero-order valence-corrected chi connectivity index (χ0v) is 12.6. The Morgan fingerprint density at radius 2 is 2.19 bits per heavy atom. The number of nitrogens with one attached hydrogen (secondary N) is 1. The lowest BCUT2D eigenvalue weighted by Crippen LogP contribution is -2.19. The lowest BCUT2D eigenvalue weighted by atomic mass is 10.2. The number of carbonyl (C=O) groups is 1. The summed E-state index contributed by atoms with van der Waals surface area (Å²) in [7, 11) is 0. The Labute approximate surface area is 129 Å². The highest BCUT2D eigenvalue weighted by molar-refractivity contribution is 9.10. The van der Waals surface area contributed by atoms with Crippen LogP contribution in [0.4, 0.5) is 13.2 Å². The van der Waals surface area contributed by atoms with Crippen LogP contribution in [-0.2, 0) is 4.79 Å². The van der Waals surface area contributed by atoms with E-state index in [4.69, 9.17) is 0 Å². The molecule has 1 fully saturated rings. The monoisotopic (exact) mass is 381 g/mol. The third-order valence-electron chi connectivity index (χ3n) is 2.14. The molecule has 0 saturated carbocycles. The van der Waals surface area contributed by atoms with Gasteiger partial charge >= 0.3 is 6.36 Å². The number of halogens is 4. The molecule has 0 unspecified atom stereocenters. The van der Waals surface area contributed by atoms with E-state index in [-0.39, 0.29) is 11.7 Å². The van der Waals surface area contributed by atoms with Crippen LogP contribution in [-0.4, -0.2) is 29.4 Å². The summed E-state index contributed by atoms with van der Waals surface area (Å²) in [5, 5.41) is 10.4. The van der Waals surface area contributed by atoms with Gasteiger partial charge in [0, 0.05) is 10.0 Å². The van der Waals surface area contributed by atoms with E-state index in [1.165, 1.54) is 36.2 Å². The molecule has 1 N–H and O–H groups in total. The molecular formula is C11H7BrF3N3O2S. The fraction of sp³-hybridized carbons (Fsp3) is 0.182. The van der Waals surface area contributed by atoms with Crippen LogP contribution < -0.4 is 10.1 Å². The smallest absolute Gasteiger partial charge is 0.406 e. The summed E-state index contributed by atoms with van der Waals surface area (Å²) in [4.78, 5) is 10.9. The van der Waals surface area contributed by atoms with Crippen molar-refractivity contribution in [3.05, 3.63) is 28.2 Å². The largest absolute Gasteiger partial charge is 0.573 e. The number of ether oxygens (including phenoxy) is 1. The van der Waals surface area contributed by atoms with Gasteiger partial charge in [0.15, 0.2) is 5.17 Å². The minimum absolute atomic E-state index is 0.149. The van der Waals surface area contributed by atoms with Gasteiger partial charge in [0.25, 0.3) is 0 Å². The summed E-state index contributed by atoms with van der Waals surface area (Å²) in [6.45, 7) is 0. The maximum atomic E-state index is 12.1. The van der Waals surface area contributed by atoms with E-state index < -0.39 is 6.36 Å². The molecule has 0 radical (unpaired) electrons. The molecule has 0 aromatic heterocycles. The van der Waals surface area contributed by atoms with E-state index in [1.54, 1.807) is 0 Å². The molecule has 1 amide bonds. The van der Waals surface area contributed by atoms with Gasteiger partial charge < -0.3 is 10.1 Å². The highest BCUT2D eigenvalue weighted by atomic mass is 79.9. The Morgan fingerprint density at radius 1 is 1.43 bits per heavy atom. The molecule has 1 aliphatic heterocycles. The van der Waals surface area contributed by atoms with Crippen molar-refractivity contribution in [3.8, 4) is 5.75 Å². The average Bonchev–Trinajstić information content (AvgIpc) is 2.76. The maximum absolute atomic E-state index is 12.1. The first kappa shape index (κ1) is 15.8. The number of amides is 1. The second-order valence-corrected chi connectivity index (χ2v) is 5.54. The third kappa shape index (κ3) is 5.05. The first-order valence-electron chi connectivity index (χ1n) is 5.42. The minimum atomic E-state index is -4.74. The molecule has 2 rings (SSSR count). The Kier molecular flexibility index (Phi) is 4.88. The van der Waals surface area contributed by atoms with Crippen molar-refractivity contribution in [2.24, 2.45) is 10.2 Å². The van der Waals surface area contributed by atoms with Crippen LogP contribution >= 0.6 is 27.7 Å². The van der Waals surface area contributed by atoms with Crippen molar-refractivity contribution in [1.29, 1.82) is 0 Å². The molecule has 10 heteroatoms. The minimum Gasteiger partial charge on any atom is -0.406 e. The first-order valence-corrected chi connectivity index (χ1v) is 7.20. The van der Waals surface area contributed by atoms with Crippen molar-refractivity contribution in [2.45, 2.75) is 6.36 Å². The van der Waals surface area contributed by atoms with Crippen LogP contribution in [0.25, 0.3) is 0 Å². The summed E-state index contributed by atoms with van der Waals surface area (Å²) >= 11 is 4.33. The molecule has 0 atom stereocenters. The quantitative estimate of drug-likeness (QED) is 0.646. The Morgan fingerprint density at radius 3 is 2.76 bits per heavy atom. The van der Waals surface area contributed by atoms with E-state index in [2.05, 4.69) is 36.2 Å². The molecule has 1 aromatic carbocycles. The fourth-order valence-corrected chi connectivity index (χ4v) is 2.42. The molecule has 0 bridgehead atoms. The van der Waals surface area contributed by atoms with Crippen LogP contribution in [0.2, 0.25) is 0 Å². The van der Waals surface area contributed by atoms with Gasteiger partial charge in [0.2, 0.25) is 5.91 Å². The van der Waals surface area contributed by atoms with Crippen LogP contribution in [0.15, 0.2) is 32.9 Å². The molecule has 5 nitrogen and oxygen atoms in total. The van der Waals surface area contributed by atoms with Crippen molar-refractivity contribution in [1.82, 2.24) is 5.32 Å². The SMILES string of the molecule is O=C1CSC(=NN=Cc2ccc(OC(F)(F)F)cc2Br)N1. The third-order valence-corrected chi connectivity index (χ3v) is 3.69. The van der Waals surface area contributed by atoms with E-state index in [0.717, 1.165) is 0 Å². The second-order valence-electron chi connectivity index (χ2n) is 3.72. The first-order chi connectivity index (χ1) is 9.83. The average molecular weight is 382 g/mol. The second kappa shape index (κ2) is 6.48. The normalized spacial score (nSPS) is 17.5. The fourth-order valence-electron chi connectivity index (χ4n) is 1.33. The zero-order valence-electron chi connectivity index (χ0n) is 10.1. The van der Waals surface area contributed by atoms with E-state index in [1.807, 2.05) is 0 Å². The standard InChI is InChI=1S/C11H7BrF3N3O2S/c12-8-3-7(20-11(13,14)15)2-1-6(8)4-16-18-10-17-9(19)5-21-10/h1-4H,5H2,(H,17,18,19). The molecule has 1 aromatic rings. The summed E-state index contributed by atoms with van der Waals surface area (Å²) in [5.74, 6) is -0.193. The van der Waals surface area contributed by atoms with E-state index in [9.17, 15) is 18.0 Å². The highest BCUT2D eigenvalue weighted by Crippen LogP contribution is 2.27. The predicted molar refractivity (Wildman–Crippen MR) is 76.5 cm³/mol. The molecular weight excluding hydrogens is 375 g/mol. The van der Waals surface area contributed by atoms with Crippen molar-refractivity contribution >= 4 is 45.0 Å². The van der Waals surface area contributed by atoms with Crippen LogP contribution in [0, 0.1) is 0 Å². The molecule has 21 heavy (non-hydrogen) atoms. The number of rotatable bonds is 3. The van der Waals surface area contributed by atoms with Crippen LogP contribution in [0.3, 0.4) is 0 Å². The Bertz CT molecular complexity index is 619. The summed E-state index contributed by atoms with van der Waals surface area (Å²) in [6, 6.07) is 3.74. The number of thioether (sulfide) groups is 1. The predicted octanol–water partition coefficient (Wildman–Crippen LogP) is 2.90. The van der Waals surface area contributed by atoms with Crippen LogP contribution in [0.5, 0.6) is 5.75 Å². The molecule has 112 valence electrons. The van der Waals surface area contributed by atoms with E-state index >= 15 is 0 Å². The molecule has 0 aliphatic carbocycles. The molecule has 0 spiro atoms. The number of benzene rings is 1. The topological polar surface area (TPSA) is 63.0 Å². The van der Waals surface area contributed by atoms with Gasteiger partial charge in [-0.2, -0.15) is 5.10 Å². The summed E-state index contributed by atoms with van der Waals surface area (Å²) in [6.07, 6.45) is -3.39. The van der Waals surface area contributed by atoms with Gasteiger partial charge in [-0.05, 0) is 34.1 Å². The molecule has 1 heterocycles. The molecule has 1 aliphatic rings. The van der Waals surface area contributed by atoms with Gasteiger partial charge in [-0.25, -0.2) is 0 Å². The number of nitrogens with zero attached hydrogens (tertiary/aromatic N) is 2. The number of hydrogen-bond acceptors (Lipinski definition) is 5. The number of amidine groups is 1. The lowest BCUT2D eigenvalue weighted by Gasteiger charge is -2.09. The van der Waals surface area contributed by atoms with Crippen molar-refractivity contribution < 1.29 is 22.7 Å². The number of hydrogen-bond donors (Lipinski definition) is 1.